The number of hydrogen-bond acceptors (Lipinski definition) is 6. The van der Waals surface area contributed by atoms with Crippen LogP contribution in [-0.2, 0) is 6.54 Å². The predicted octanol–water partition coefficient (Wildman–Crippen LogP) is 1.76. The maximum atomic E-state index is 9.41. The molecule has 126 valence electrons. The second kappa shape index (κ2) is 6.76. The van der Waals surface area contributed by atoms with Crippen LogP contribution in [0.2, 0.25) is 0 Å². The molecule has 0 spiro atoms. The fourth-order valence-electron chi connectivity index (χ4n) is 2.50. The van der Waals surface area contributed by atoms with Crippen LogP contribution >= 0.6 is 0 Å². The van der Waals surface area contributed by atoms with Crippen molar-refractivity contribution < 1.29 is 5.11 Å². The number of nitrogens with one attached hydrogen (secondary N) is 3. The number of aryl methyl sites for hydroxylation is 1. The number of aromatic nitrogens is 3. The second-order valence-electron chi connectivity index (χ2n) is 5.93. The minimum Gasteiger partial charge on any atom is -0.391 e. The van der Waals surface area contributed by atoms with Gasteiger partial charge in [-0.2, -0.15) is 5.10 Å². The minimum absolute atomic E-state index is 0.425. The number of allylic oxidation sites excluding steroid dienone is 2. The van der Waals surface area contributed by atoms with Gasteiger partial charge in [0.25, 0.3) is 0 Å². The molecule has 0 bridgehead atoms. The lowest BCUT2D eigenvalue weighted by molar-refractivity contribution is 0.168. The van der Waals surface area contributed by atoms with Gasteiger partial charge in [-0.1, -0.05) is 0 Å². The van der Waals surface area contributed by atoms with E-state index in [1.165, 1.54) is 0 Å². The first kappa shape index (κ1) is 16.1. The van der Waals surface area contributed by atoms with Crippen molar-refractivity contribution >= 4 is 11.5 Å². The van der Waals surface area contributed by atoms with Crippen LogP contribution in [-0.4, -0.2) is 26.0 Å². The zero-order valence-electron chi connectivity index (χ0n) is 14.0. The summed E-state index contributed by atoms with van der Waals surface area (Å²) in [6.45, 7) is 6.25. The zero-order chi connectivity index (χ0) is 17.1. The summed E-state index contributed by atoms with van der Waals surface area (Å²) in [5.41, 5.74) is 11.4. The number of aliphatic hydroxyl groups excluding tert-OH is 1. The Morgan fingerprint density at radius 2 is 2.21 bits per heavy atom. The molecule has 1 atom stereocenters. The summed E-state index contributed by atoms with van der Waals surface area (Å²) in [5, 5.41) is 17.1. The average Bonchev–Trinajstić information content (AvgIpc) is 3.17. The molecule has 0 amide bonds. The Morgan fingerprint density at radius 1 is 1.38 bits per heavy atom. The Labute approximate surface area is 141 Å². The van der Waals surface area contributed by atoms with Gasteiger partial charge in [0.15, 0.2) is 5.82 Å². The van der Waals surface area contributed by atoms with E-state index in [0.717, 1.165) is 34.0 Å². The molecule has 7 nitrogen and oxygen atoms in total. The van der Waals surface area contributed by atoms with E-state index in [-0.39, 0.29) is 0 Å². The van der Waals surface area contributed by atoms with E-state index in [0.29, 0.717) is 6.54 Å². The second-order valence-corrected chi connectivity index (χ2v) is 5.93. The number of hydrazine groups is 1. The maximum absolute atomic E-state index is 9.41. The normalized spacial score (nSPS) is 16.9. The average molecular weight is 326 g/mol. The lowest BCUT2D eigenvalue weighted by Crippen LogP contribution is -2.24. The molecule has 0 radical (unpaired) electrons. The van der Waals surface area contributed by atoms with Gasteiger partial charge < -0.3 is 15.8 Å². The molecule has 0 aliphatic carbocycles. The standard InChI is InChI=1S/C17H22N6O/c1-11-4-6-18-9-14(11)16-8-15(20-21-16)13(3)19-17-5-7-23(22-17)10-12(2)24/h4-9,12,20-21,24H,10H2,1-3H3,(H,19,22)/b15-13-/t12-/m1/s1. The predicted molar refractivity (Wildman–Crippen MR) is 93.5 cm³/mol. The Bertz CT molecular complexity index is 790. The van der Waals surface area contributed by atoms with Crippen LogP contribution in [0.1, 0.15) is 25.0 Å². The summed E-state index contributed by atoms with van der Waals surface area (Å²) in [7, 11) is 0. The van der Waals surface area contributed by atoms with E-state index in [1.807, 2.05) is 37.5 Å². The zero-order valence-corrected chi connectivity index (χ0v) is 14.0. The third-order valence-corrected chi connectivity index (χ3v) is 3.76. The lowest BCUT2D eigenvalue weighted by Gasteiger charge is -2.08. The molecule has 24 heavy (non-hydrogen) atoms. The van der Waals surface area contributed by atoms with Crippen molar-refractivity contribution in [2.45, 2.75) is 33.4 Å². The number of rotatable bonds is 5. The summed E-state index contributed by atoms with van der Waals surface area (Å²) in [5.74, 6) is 0.738. The molecule has 0 fully saturated rings. The topological polar surface area (TPSA) is 87.0 Å². The molecule has 2 aromatic rings. The van der Waals surface area contributed by atoms with Crippen molar-refractivity contribution in [3.63, 3.8) is 0 Å². The van der Waals surface area contributed by atoms with Crippen molar-refractivity contribution in [2.24, 2.45) is 0 Å². The van der Waals surface area contributed by atoms with Crippen LogP contribution in [0.5, 0.6) is 0 Å². The molecular formula is C17H22N6O. The highest BCUT2D eigenvalue weighted by Gasteiger charge is 2.14. The molecule has 7 heteroatoms. The summed E-state index contributed by atoms with van der Waals surface area (Å²) < 4.78 is 1.71. The molecule has 2 aromatic heterocycles. The van der Waals surface area contributed by atoms with Crippen LogP contribution in [0.15, 0.2) is 48.2 Å². The molecule has 3 heterocycles. The van der Waals surface area contributed by atoms with Crippen molar-refractivity contribution in [2.75, 3.05) is 5.32 Å². The Morgan fingerprint density at radius 3 is 2.96 bits per heavy atom. The SMILES string of the molecule is C/C(Nc1ccn(C[C@@H](C)O)n1)=C1\C=C(c2cnccc2C)NN1. The first-order valence-electron chi connectivity index (χ1n) is 7.87. The van der Waals surface area contributed by atoms with Gasteiger partial charge in [-0.05, 0) is 38.5 Å². The van der Waals surface area contributed by atoms with Gasteiger partial charge in [0.1, 0.15) is 0 Å². The molecule has 0 saturated heterocycles. The largest absolute Gasteiger partial charge is 0.391 e. The van der Waals surface area contributed by atoms with E-state index in [4.69, 9.17) is 0 Å². The van der Waals surface area contributed by atoms with E-state index < -0.39 is 6.10 Å². The number of hydrogen-bond donors (Lipinski definition) is 4. The highest BCUT2D eigenvalue weighted by Crippen LogP contribution is 2.21. The number of anilines is 1. The highest BCUT2D eigenvalue weighted by molar-refractivity contribution is 5.71. The molecule has 0 unspecified atom stereocenters. The fraction of sp³-hybridized carbons (Fsp3) is 0.294. The lowest BCUT2D eigenvalue weighted by atomic mass is 10.1. The molecular weight excluding hydrogens is 304 g/mol. The quantitative estimate of drug-likeness (QED) is 0.670. The van der Waals surface area contributed by atoms with Gasteiger partial charge in [0.05, 0.1) is 24.0 Å². The molecule has 1 aliphatic heterocycles. The Balaban J connectivity index is 1.75. The first-order chi connectivity index (χ1) is 11.5. The summed E-state index contributed by atoms with van der Waals surface area (Å²) in [4.78, 5) is 4.18. The number of pyridine rings is 1. The molecule has 0 aromatic carbocycles. The van der Waals surface area contributed by atoms with Gasteiger partial charge in [0, 0.05) is 35.9 Å². The monoisotopic (exact) mass is 326 g/mol. The van der Waals surface area contributed by atoms with Gasteiger partial charge in [-0.25, -0.2) is 0 Å². The molecule has 1 aliphatic rings. The van der Waals surface area contributed by atoms with Crippen molar-refractivity contribution in [3.8, 4) is 0 Å². The van der Waals surface area contributed by atoms with Crippen LogP contribution in [0.3, 0.4) is 0 Å². The van der Waals surface area contributed by atoms with Gasteiger partial charge in [0.2, 0.25) is 0 Å². The third kappa shape index (κ3) is 3.57. The van der Waals surface area contributed by atoms with Crippen LogP contribution in [0.25, 0.3) is 5.70 Å². The van der Waals surface area contributed by atoms with Crippen molar-refractivity contribution in [1.29, 1.82) is 0 Å². The Hall–Kier alpha value is -2.80. The van der Waals surface area contributed by atoms with Crippen LogP contribution in [0, 0.1) is 6.92 Å². The smallest absolute Gasteiger partial charge is 0.152 e. The van der Waals surface area contributed by atoms with E-state index in [2.05, 4.69) is 33.2 Å². The van der Waals surface area contributed by atoms with Gasteiger partial charge >= 0.3 is 0 Å². The maximum Gasteiger partial charge on any atom is 0.152 e. The van der Waals surface area contributed by atoms with E-state index in [9.17, 15) is 5.11 Å². The van der Waals surface area contributed by atoms with Gasteiger partial charge in [-0.15, -0.1) is 0 Å². The summed E-state index contributed by atoms with van der Waals surface area (Å²) in [6.07, 6.45) is 7.09. The molecule has 4 N–H and O–H groups in total. The van der Waals surface area contributed by atoms with Crippen LogP contribution < -0.4 is 16.2 Å². The van der Waals surface area contributed by atoms with E-state index in [1.54, 1.807) is 17.8 Å². The third-order valence-electron chi connectivity index (χ3n) is 3.76. The van der Waals surface area contributed by atoms with Gasteiger partial charge in [-0.3, -0.25) is 15.1 Å². The van der Waals surface area contributed by atoms with E-state index >= 15 is 0 Å². The van der Waals surface area contributed by atoms with Crippen LogP contribution in [0.4, 0.5) is 5.82 Å². The summed E-state index contributed by atoms with van der Waals surface area (Å²) in [6, 6.07) is 3.87. The summed E-state index contributed by atoms with van der Waals surface area (Å²) >= 11 is 0. The highest BCUT2D eigenvalue weighted by atomic mass is 16.3. The number of aliphatic hydroxyl groups is 1. The molecule has 3 rings (SSSR count). The number of nitrogens with zero attached hydrogens (tertiary/aromatic N) is 3. The van der Waals surface area contributed by atoms with Crippen molar-refractivity contribution in [3.05, 3.63) is 59.3 Å². The minimum atomic E-state index is -0.425. The molecule has 0 saturated carbocycles. The fourth-order valence-corrected chi connectivity index (χ4v) is 2.50. The first-order valence-corrected chi connectivity index (χ1v) is 7.87. The Kier molecular flexibility index (Phi) is 4.52. The van der Waals surface area contributed by atoms with Crippen molar-refractivity contribution in [1.82, 2.24) is 25.6 Å².